The lowest BCUT2D eigenvalue weighted by atomic mass is 10.2. The van der Waals surface area contributed by atoms with E-state index in [9.17, 15) is 17.7 Å². The van der Waals surface area contributed by atoms with E-state index in [-0.39, 0.29) is 32.3 Å². The van der Waals surface area contributed by atoms with Gasteiger partial charge in [0.05, 0.1) is 16.3 Å². The van der Waals surface area contributed by atoms with Crippen molar-refractivity contribution < 1.29 is 26.8 Å². The zero-order valence-corrected chi connectivity index (χ0v) is 23.1. The highest BCUT2D eigenvalue weighted by Crippen LogP contribution is 2.59. The van der Waals surface area contributed by atoms with Gasteiger partial charge in [-0.2, -0.15) is 13.2 Å². The van der Waals surface area contributed by atoms with Crippen LogP contribution in [0.3, 0.4) is 0 Å². The molecule has 202 valence electrons. The Morgan fingerprint density at radius 2 is 1.33 bits per heavy atom. The van der Waals surface area contributed by atoms with E-state index in [1.165, 1.54) is 0 Å². The second-order valence-corrected chi connectivity index (χ2v) is 11.2. The second kappa shape index (κ2) is 12.3. The molecule has 0 saturated heterocycles. The Morgan fingerprint density at radius 1 is 0.795 bits per heavy atom. The summed E-state index contributed by atoms with van der Waals surface area (Å²) in [5.74, 6) is -0.804. The molecule has 4 aromatic carbocycles. The zero-order chi connectivity index (χ0) is 28.0. The monoisotopic (exact) mass is 610 g/mol. The molecule has 0 amide bonds. The summed E-state index contributed by atoms with van der Waals surface area (Å²) in [7, 11) is -4.26. The van der Waals surface area contributed by atoms with Crippen LogP contribution >= 0.6 is 43.0 Å². The van der Waals surface area contributed by atoms with Gasteiger partial charge in [0.15, 0.2) is 10.9 Å². The number of para-hydroxylation sites is 2. The van der Waals surface area contributed by atoms with Crippen LogP contribution in [0.15, 0.2) is 103 Å². The molecule has 5 nitrogen and oxygen atoms in total. The van der Waals surface area contributed by atoms with E-state index < -0.39 is 25.1 Å². The Morgan fingerprint density at radius 3 is 1.87 bits per heavy atom. The van der Waals surface area contributed by atoms with Crippen LogP contribution in [0.2, 0.25) is 10.0 Å². The van der Waals surface area contributed by atoms with Gasteiger partial charge in [0.25, 0.3) is 0 Å². The molecular weight excluding hydrogens is 591 g/mol. The van der Waals surface area contributed by atoms with Gasteiger partial charge in [-0.3, -0.25) is 0 Å². The molecule has 39 heavy (non-hydrogen) atoms. The molecule has 0 unspecified atom stereocenters. The van der Waals surface area contributed by atoms with Crippen LogP contribution in [-0.2, 0) is 10.7 Å². The summed E-state index contributed by atoms with van der Waals surface area (Å²) < 4.78 is 66.4. The normalized spacial score (nSPS) is 12.3. The van der Waals surface area contributed by atoms with Gasteiger partial charge in [-0.25, -0.2) is 4.57 Å². The molecule has 0 saturated carbocycles. The van der Waals surface area contributed by atoms with Crippen LogP contribution in [0, 0.1) is 0 Å². The third-order valence-electron chi connectivity index (χ3n) is 5.28. The summed E-state index contributed by atoms with van der Waals surface area (Å²) in [6.07, 6.45) is -4.60. The molecule has 0 radical (unpaired) electrons. The van der Waals surface area contributed by atoms with Crippen LogP contribution in [0.1, 0.15) is 16.9 Å². The molecule has 0 bridgehead atoms. The van der Waals surface area contributed by atoms with Gasteiger partial charge in [0, 0.05) is 10.6 Å². The van der Waals surface area contributed by atoms with E-state index in [1.807, 2.05) is 0 Å². The minimum atomic E-state index is -4.60. The summed E-state index contributed by atoms with van der Waals surface area (Å²) >= 11 is 18.0. The van der Waals surface area contributed by atoms with Gasteiger partial charge < -0.3 is 19.7 Å². The highest BCUT2D eigenvalue weighted by atomic mass is 35.5. The third kappa shape index (κ3) is 7.46. The van der Waals surface area contributed by atoms with Crippen molar-refractivity contribution >= 4 is 53.8 Å². The molecule has 12 heteroatoms. The zero-order valence-electron chi connectivity index (χ0n) is 19.9. The number of alkyl halides is 3. The fourth-order valence-corrected chi connectivity index (χ4v) is 6.22. The largest absolute Gasteiger partial charge is 0.457 e. The van der Waals surface area contributed by atoms with E-state index in [0.29, 0.717) is 5.56 Å². The van der Waals surface area contributed by atoms with Gasteiger partial charge in [-0.1, -0.05) is 77.8 Å². The van der Waals surface area contributed by atoms with Gasteiger partial charge in [0.1, 0.15) is 11.5 Å². The summed E-state index contributed by atoms with van der Waals surface area (Å²) in [5.41, 5.74) is -0.719. The molecule has 0 aliphatic carbocycles. The number of nitrogens with one attached hydrogen (secondary N) is 2. The summed E-state index contributed by atoms with van der Waals surface area (Å²) in [4.78, 5) is 0. The average molecular weight is 611 g/mol. The lowest BCUT2D eigenvalue weighted by Gasteiger charge is -2.30. The quantitative estimate of drug-likeness (QED) is 0.153. The molecule has 0 aromatic heterocycles. The first-order valence-electron chi connectivity index (χ1n) is 11.3. The maximum absolute atomic E-state index is 14.6. The van der Waals surface area contributed by atoms with Crippen molar-refractivity contribution in [3.63, 3.8) is 0 Å². The van der Waals surface area contributed by atoms with Gasteiger partial charge >= 0.3 is 13.8 Å². The highest BCUT2D eigenvalue weighted by molar-refractivity contribution is 7.80. The Hall–Kier alpha value is -3.23. The SMILES string of the molecule is O=P(Oc1ccccc1)(Oc1ccccc1)[C@H](NC(=S)Nc1cc(C(F)(F)F)ccc1Cl)c1ccccc1Cl. The lowest BCUT2D eigenvalue weighted by Crippen LogP contribution is -2.34. The van der Waals surface area contributed by atoms with E-state index in [1.54, 1.807) is 84.9 Å². The van der Waals surface area contributed by atoms with Crippen molar-refractivity contribution in [2.45, 2.75) is 12.0 Å². The fraction of sp³-hybridized carbons (Fsp3) is 0.0741. The molecule has 0 spiro atoms. The number of anilines is 1. The Balaban J connectivity index is 1.74. The molecular formula is C27H20Cl2F3N2O3PS. The van der Waals surface area contributed by atoms with Gasteiger partial charge in [0.2, 0.25) is 0 Å². The van der Waals surface area contributed by atoms with Crippen molar-refractivity contribution in [3.05, 3.63) is 124 Å². The number of halogens is 5. The van der Waals surface area contributed by atoms with Crippen LogP contribution in [-0.4, -0.2) is 5.11 Å². The van der Waals surface area contributed by atoms with Crippen molar-refractivity contribution in [2.24, 2.45) is 0 Å². The predicted molar refractivity (Wildman–Crippen MR) is 152 cm³/mol. The average Bonchev–Trinajstić information content (AvgIpc) is 2.89. The Kier molecular flexibility index (Phi) is 9.08. The topological polar surface area (TPSA) is 59.6 Å². The number of benzene rings is 4. The molecule has 0 aliphatic heterocycles. The predicted octanol–water partition coefficient (Wildman–Crippen LogP) is 9.35. The van der Waals surface area contributed by atoms with E-state index in [0.717, 1.165) is 18.2 Å². The van der Waals surface area contributed by atoms with Crippen molar-refractivity contribution in [1.82, 2.24) is 5.32 Å². The molecule has 0 heterocycles. The Labute approximate surface area is 238 Å². The minimum absolute atomic E-state index is 0.00861. The molecule has 2 N–H and O–H groups in total. The first-order chi connectivity index (χ1) is 18.5. The van der Waals surface area contributed by atoms with E-state index in [4.69, 9.17) is 44.5 Å². The minimum Gasteiger partial charge on any atom is -0.414 e. The molecule has 0 fully saturated rings. The molecule has 1 atom stereocenters. The number of hydrogen-bond acceptors (Lipinski definition) is 4. The van der Waals surface area contributed by atoms with Gasteiger partial charge in [-0.15, -0.1) is 0 Å². The van der Waals surface area contributed by atoms with E-state index >= 15 is 0 Å². The van der Waals surface area contributed by atoms with Crippen LogP contribution in [0.4, 0.5) is 18.9 Å². The van der Waals surface area contributed by atoms with Crippen LogP contribution in [0.5, 0.6) is 11.5 Å². The maximum Gasteiger partial charge on any atom is 0.457 e. The van der Waals surface area contributed by atoms with Crippen LogP contribution < -0.4 is 19.7 Å². The van der Waals surface area contributed by atoms with Crippen molar-refractivity contribution in [2.75, 3.05) is 5.32 Å². The summed E-state index contributed by atoms with van der Waals surface area (Å²) in [6.45, 7) is 0. The molecule has 4 aromatic rings. The number of rotatable bonds is 8. The Bertz CT molecular complexity index is 1450. The summed E-state index contributed by atoms with van der Waals surface area (Å²) in [6, 6.07) is 26.0. The van der Waals surface area contributed by atoms with Gasteiger partial charge in [-0.05, 0) is 60.7 Å². The number of hydrogen-bond donors (Lipinski definition) is 2. The molecule has 0 aliphatic rings. The third-order valence-corrected chi connectivity index (χ3v) is 8.14. The van der Waals surface area contributed by atoms with E-state index in [2.05, 4.69) is 10.6 Å². The van der Waals surface area contributed by atoms with Crippen molar-refractivity contribution in [1.29, 1.82) is 0 Å². The fourth-order valence-electron chi connectivity index (χ4n) is 3.48. The highest BCUT2D eigenvalue weighted by Gasteiger charge is 2.42. The second-order valence-electron chi connectivity index (χ2n) is 8.06. The summed E-state index contributed by atoms with van der Waals surface area (Å²) in [5, 5.41) is 5.54. The molecule has 4 rings (SSSR count). The number of thiocarbonyl (C=S) groups is 1. The smallest absolute Gasteiger partial charge is 0.414 e. The van der Waals surface area contributed by atoms with Crippen molar-refractivity contribution in [3.8, 4) is 11.5 Å². The van der Waals surface area contributed by atoms with Crippen LogP contribution in [0.25, 0.3) is 0 Å². The lowest BCUT2D eigenvalue weighted by molar-refractivity contribution is -0.137. The standard InChI is InChI=1S/C27H20Cl2F3N2O3PS/c28-22-14-8-7-13-21(22)25(34-26(39)33-24-17-18(27(30,31)32)15-16-23(24)29)38(35,36-19-9-3-1-4-10-19)37-20-11-5-2-6-12-20/h1-17,25H,(H2,33,34,39)/t25-/m0/s1. The first kappa shape index (κ1) is 28.8. The maximum atomic E-state index is 14.6. The first-order valence-corrected chi connectivity index (χ1v) is 14.1.